The normalized spacial score (nSPS) is 11.1. The topological polar surface area (TPSA) is 123 Å². The molecule has 0 saturated heterocycles. The average molecular weight is 375 g/mol. The van der Waals surface area contributed by atoms with E-state index in [1.54, 1.807) is 37.3 Å². The minimum absolute atomic E-state index is 0.0136. The monoisotopic (exact) mass is 375 g/mol. The number of aryl methyl sites for hydroxylation is 1. The first-order valence-electron chi connectivity index (χ1n) is 8.11. The van der Waals surface area contributed by atoms with Crippen LogP contribution in [-0.4, -0.2) is 9.85 Å². The molecule has 0 aliphatic heterocycles. The molecule has 0 aliphatic rings. The lowest BCUT2D eigenvalue weighted by atomic mass is 10.1. The first kappa shape index (κ1) is 18.5. The molecule has 3 rings (SSSR count). The van der Waals surface area contributed by atoms with Crippen LogP contribution in [0.2, 0.25) is 0 Å². The van der Waals surface area contributed by atoms with Crippen LogP contribution in [0.25, 0.3) is 23.0 Å². The molecule has 8 heteroatoms. The molecule has 0 aliphatic carbocycles. The Hall–Kier alpha value is -4.25. The van der Waals surface area contributed by atoms with E-state index in [1.807, 2.05) is 6.07 Å². The minimum atomic E-state index is -0.534. The van der Waals surface area contributed by atoms with Crippen molar-refractivity contribution in [2.75, 3.05) is 0 Å². The Labute approximate surface area is 159 Å². The Morgan fingerprint density at radius 3 is 2.54 bits per heavy atom. The Morgan fingerprint density at radius 1 is 1.07 bits per heavy atom. The third kappa shape index (κ3) is 3.78. The largest absolute Gasteiger partial charge is 0.457 e. The molecular weight excluding hydrogens is 362 g/mol. The molecule has 8 nitrogen and oxygen atoms in total. The fourth-order valence-electron chi connectivity index (χ4n) is 2.65. The van der Waals surface area contributed by atoms with Crippen molar-refractivity contribution in [2.45, 2.75) is 6.92 Å². The van der Waals surface area contributed by atoms with Crippen LogP contribution >= 0.6 is 0 Å². The molecule has 1 heterocycles. The molecule has 2 aromatic carbocycles. The highest BCUT2D eigenvalue weighted by Crippen LogP contribution is 2.30. The number of nitro groups is 2. The lowest BCUT2D eigenvalue weighted by Gasteiger charge is -2.01. The zero-order valence-electron chi connectivity index (χ0n) is 14.7. The van der Waals surface area contributed by atoms with Gasteiger partial charge in [0.1, 0.15) is 11.5 Å². The maximum absolute atomic E-state index is 11.1. The van der Waals surface area contributed by atoms with Crippen LogP contribution < -0.4 is 0 Å². The van der Waals surface area contributed by atoms with E-state index in [0.717, 1.165) is 0 Å². The summed E-state index contributed by atoms with van der Waals surface area (Å²) in [6, 6.07) is 15.8. The molecule has 138 valence electrons. The van der Waals surface area contributed by atoms with Gasteiger partial charge in [-0.05, 0) is 30.7 Å². The van der Waals surface area contributed by atoms with Gasteiger partial charge in [-0.15, -0.1) is 0 Å². The summed E-state index contributed by atoms with van der Waals surface area (Å²) in [4.78, 5) is 21.0. The minimum Gasteiger partial charge on any atom is -0.457 e. The highest BCUT2D eigenvalue weighted by atomic mass is 16.6. The summed E-state index contributed by atoms with van der Waals surface area (Å²) < 4.78 is 5.69. The van der Waals surface area contributed by atoms with Crippen molar-refractivity contribution in [3.05, 3.63) is 91.7 Å². The number of benzene rings is 2. The van der Waals surface area contributed by atoms with Gasteiger partial charge in [-0.3, -0.25) is 20.2 Å². The van der Waals surface area contributed by atoms with Crippen LogP contribution in [0.4, 0.5) is 11.4 Å². The maximum Gasteiger partial charge on any atom is 0.273 e. The Balaban J connectivity index is 1.96. The number of allylic oxidation sites excluding steroid dienone is 1. The van der Waals surface area contributed by atoms with Gasteiger partial charge in [0.15, 0.2) is 0 Å². The summed E-state index contributed by atoms with van der Waals surface area (Å²) in [5, 5.41) is 31.4. The van der Waals surface area contributed by atoms with Gasteiger partial charge in [0.05, 0.1) is 21.5 Å². The van der Waals surface area contributed by atoms with Crippen LogP contribution in [0.5, 0.6) is 0 Å². The Morgan fingerprint density at radius 2 is 1.86 bits per heavy atom. The fourth-order valence-corrected chi connectivity index (χ4v) is 2.65. The van der Waals surface area contributed by atoms with Crippen molar-refractivity contribution in [2.24, 2.45) is 0 Å². The smallest absolute Gasteiger partial charge is 0.273 e. The predicted octanol–water partition coefficient (Wildman–Crippen LogP) is 5.14. The first-order valence-corrected chi connectivity index (χ1v) is 8.11. The Kier molecular flexibility index (Phi) is 5.00. The summed E-state index contributed by atoms with van der Waals surface area (Å²) in [6.45, 7) is 1.65. The van der Waals surface area contributed by atoms with E-state index < -0.39 is 9.85 Å². The van der Waals surface area contributed by atoms with Crippen molar-refractivity contribution in [1.82, 2.24) is 0 Å². The molecule has 0 bridgehead atoms. The third-order valence-corrected chi connectivity index (χ3v) is 4.09. The van der Waals surface area contributed by atoms with Gasteiger partial charge in [-0.1, -0.05) is 24.3 Å². The molecule has 0 N–H and O–H groups in total. The van der Waals surface area contributed by atoms with Crippen molar-refractivity contribution < 1.29 is 14.3 Å². The number of nitro benzene ring substituents is 2. The maximum atomic E-state index is 11.1. The van der Waals surface area contributed by atoms with Crippen LogP contribution in [0.15, 0.2) is 59.0 Å². The van der Waals surface area contributed by atoms with Crippen LogP contribution in [-0.2, 0) is 0 Å². The van der Waals surface area contributed by atoms with Crippen molar-refractivity contribution >= 4 is 23.0 Å². The quantitative estimate of drug-likeness (QED) is 0.346. The number of nitriles is 1. The summed E-state index contributed by atoms with van der Waals surface area (Å²) in [5.41, 5.74) is 1.52. The summed E-state index contributed by atoms with van der Waals surface area (Å²) >= 11 is 0. The van der Waals surface area contributed by atoms with Crippen LogP contribution in [0.1, 0.15) is 16.9 Å². The van der Waals surface area contributed by atoms with Gasteiger partial charge in [-0.25, -0.2) is 0 Å². The molecule has 0 unspecified atom stereocenters. The zero-order valence-corrected chi connectivity index (χ0v) is 14.7. The number of hydrogen-bond acceptors (Lipinski definition) is 6. The fraction of sp³-hybridized carbons (Fsp3) is 0.0500. The molecular formula is C20H13N3O5. The molecule has 0 spiro atoms. The highest BCUT2D eigenvalue weighted by molar-refractivity contribution is 5.89. The molecule has 0 atom stereocenters. The van der Waals surface area contributed by atoms with E-state index in [9.17, 15) is 25.5 Å². The third-order valence-electron chi connectivity index (χ3n) is 4.09. The molecule has 3 aromatic rings. The lowest BCUT2D eigenvalue weighted by Crippen LogP contribution is -1.91. The summed E-state index contributed by atoms with van der Waals surface area (Å²) in [5.74, 6) is 0.756. The van der Waals surface area contributed by atoms with Gasteiger partial charge in [0.2, 0.25) is 0 Å². The SMILES string of the molecule is Cc1ccc(-c2ccc(/C=C(/C#N)c3cccc([N+](=O)[O-])c3)o2)cc1[N+](=O)[O-]. The molecule has 0 fully saturated rings. The standard InChI is InChI=1S/C20H13N3O5/c1-13-5-6-15(11-19(13)23(26)27)20-8-7-18(28-20)10-16(12-21)14-3-2-4-17(9-14)22(24)25/h2-11H,1H3/b16-10-. The van der Waals surface area contributed by atoms with E-state index in [1.165, 1.54) is 30.3 Å². The number of rotatable bonds is 5. The van der Waals surface area contributed by atoms with Crippen molar-refractivity contribution in [3.8, 4) is 17.4 Å². The van der Waals surface area contributed by atoms with E-state index in [2.05, 4.69) is 0 Å². The van der Waals surface area contributed by atoms with Gasteiger partial charge in [0, 0.05) is 29.3 Å². The number of nitrogens with zero attached hydrogens (tertiary/aromatic N) is 3. The molecule has 1 aromatic heterocycles. The van der Waals surface area contributed by atoms with E-state index >= 15 is 0 Å². The van der Waals surface area contributed by atoms with Crippen molar-refractivity contribution in [3.63, 3.8) is 0 Å². The van der Waals surface area contributed by atoms with Gasteiger partial charge >= 0.3 is 0 Å². The first-order chi connectivity index (χ1) is 13.4. The second-order valence-corrected chi connectivity index (χ2v) is 5.94. The van der Waals surface area contributed by atoms with Crippen LogP contribution in [0.3, 0.4) is 0 Å². The average Bonchev–Trinajstić information content (AvgIpc) is 3.15. The van der Waals surface area contributed by atoms with Gasteiger partial charge in [0.25, 0.3) is 11.4 Å². The van der Waals surface area contributed by atoms with Gasteiger partial charge in [-0.2, -0.15) is 5.26 Å². The molecule has 0 saturated carbocycles. The predicted molar refractivity (Wildman–Crippen MR) is 102 cm³/mol. The molecule has 28 heavy (non-hydrogen) atoms. The summed E-state index contributed by atoms with van der Waals surface area (Å²) in [6.07, 6.45) is 1.46. The Bertz CT molecular complexity index is 1150. The van der Waals surface area contributed by atoms with Crippen molar-refractivity contribution in [1.29, 1.82) is 5.26 Å². The number of furan rings is 1. The highest BCUT2D eigenvalue weighted by Gasteiger charge is 2.14. The van der Waals surface area contributed by atoms with Crippen LogP contribution in [0, 0.1) is 38.5 Å². The molecule has 0 amide bonds. The van der Waals surface area contributed by atoms with E-state index in [4.69, 9.17) is 4.42 Å². The number of non-ortho nitro benzene ring substituents is 1. The second-order valence-electron chi connectivity index (χ2n) is 5.94. The molecule has 0 radical (unpaired) electrons. The van der Waals surface area contributed by atoms with E-state index in [-0.39, 0.29) is 16.9 Å². The second kappa shape index (κ2) is 7.55. The van der Waals surface area contributed by atoms with E-state index in [0.29, 0.717) is 28.2 Å². The summed E-state index contributed by atoms with van der Waals surface area (Å²) in [7, 11) is 0. The zero-order chi connectivity index (χ0) is 20.3. The van der Waals surface area contributed by atoms with Gasteiger partial charge < -0.3 is 4.42 Å². The lowest BCUT2D eigenvalue weighted by molar-refractivity contribution is -0.385. The number of hydrogen-bond donors (Lipinski definition) is 0.